The van der Waals surface area contributed by atoms with Crippen molar-refractivity contribution in [2.24, 2.45) is 4.99 Å². The van der Waals surface area contributed by atoms with Crippen LogP contribution < -0.4 is 5.32 Å². The number of rotatable bonds is 2. The summed E-state index contributed by atoms with van der Waals surface area (Å²) in [7, 11) is 0. The Kier molecular flexibility index (Phi) is 2.05. The van der Waals surface area contributed by atoms with Crippen molar-refractivity contribution in [3.05, 3.63) is 37.2 Å². The zero-order valence-electron chi connectivity index (χ0n) is 5.80. The molecule has 1 N–H and O–H groups in total. The van der Waals surface area contributed by atoms with E-state index in [9.17, 15) is 0 Å². The highest BCUT2D eigenvalue weighted by Crippen LogP contribution is 2.01. The third-order valence-corrected chi connectivity index (χ3v) is 1.25. The Morgan fingerprint density at radius 2 is 2.30 bits per heavy atom. The molecule has 0 aromatic carbocycles. The molecule has 10 heavy (non-hydrogen) atoms. The Hall–Kier alpha value is -1.31. The van der Waals surface area contributed by atoms with E-state index in [4.69, 9.17) is 0 Å². The summed E-state index contributed by atoms with van der Waals surface area (Å²) in [6, 6.07) is 0. The molecular weight excluding hydrogens is 124 g/mol. The Labute approximate surface area is 60.7 Å². The van der Waals surface area contributed by atoms with Crippen LogP contribution in [0.2, 0.25) is 0 Å². The van der Waals surface area contributed by atoms with Crippen LogP contribution in [0.4, 0.5) is 0 Å². The maximum atomic E-state index is 4.20. The van der Waals surface area contributed by atoms with Crippen LogP contribution in [0.25, 0.3) is 0 Å². The Balaban J connectivity index is 2.79. The number of hydrogen-bond donors (Lipinski definition) is 1. The van der Waals surface area contributed by atoms with E-state index < -0.39 is 0 Å². The first-order valence-corrected chi connectivity index (χ1v) is 3.13. The molecule has 2 nitrogen and oxygen atoms in total. The number of nitrogens with one attached hydrogen (secondary N) is 1. The van der Waals surface area contributed by atoms with E-state index in [1.54, 1.807) is 12.2 Å². The molecule has 0 aromatic heterocycles. The molecule has 0 amide bonds. The van der Waals surface area contributed by atoms with Crippen LogP contribution in [-0.2, 0) is 0 Å². The summed E-state index contributed by atoms with van der Waals surface area (Å²) >= 11 is 0. The molecule has 1 rings (SSSR count). The SMILES string of the molecule is C=CC1=CNCC(C=C)=N1. The van der Waals surface area contributed by atoms with E-state index in [2.05, 4.69) is 23.5 Å². The van der Waals surface area contributed by atoms with Gasteiger partial charge in [-0.3, -0.25) is 4.99 Å². The van der Waals surface area contributed by atoms with Crippen molar-refractivity contribution in [2.45, 2.75) is 0 Å². The second-order valence-corrected chi connectivity index (χ2v) is 1.96. The van der Waals surface area contributed by atoms with E-state index in [0.29, 0.717) is 0 Å². The molecule has 1 aliphatic heterocycles. The highest BCUT2D eigenvalue weighted by Gasteiger charge is 1.98. The quantitative estimate of drug-likeness (QED) is 0.603. The van der Waals surface area contributed by atoms with Crippen LogP contribution in [-0.4, -0.2) is 12.3 Å². The lowest BCUT2D eigenvalue weighted by Crippen LogP contribution is -2.20. The molecule has 0 radical (unpaired) electrons. The fraction of sp³-hybridized carbons (Fsp3) is 0.125. The fourth-order valence-corrected chi connectivity index (χ4v) is 0.720. The minimum atomic E-state index is 0.765. The van der Waals surface area contributed by atoms with Gasteiger partial charge in [0.2, 0.25) is 0 Å². The predicted molar refractivity (Wildman–Crippen MR) is 43.9 cm³/mol. The smallest absolute Gasteiger partial charge is 0.0784 e. The minimum absolute atomic E-state index is 0.765. The molecule has 52 valence electrons. The van der Waals surface area contributed by atoms with Gasteiger partial charge in [-0.2, -0.15) is 0 Å². The van der Waals surface area contributed by atoms with Crippen molar-refractivity contribution in [3.8, 4) is 0 Å². The van der Waals surface area contributed by atoms with Crippen LogP contribution in [0.3, 0.4) is 0 Å². The molecule has 1 aliphatic rings. The third-order valence-electron chi connectivity index (χ3n) is 1.25. The lowest BCUT2D eigenvalue weighted by Gasteiger charge is -2.08. The Bertz CT molecular complexity index is 211. The molecule has 0 saturated carbocycles. The van der Waals surface area contributed by atoms with E-state index in [1.807, 2.05) is 6.20 Å². The van der Waals surface area contributed by atoms with Crippen LogP contribution in [0.1, 0.15) is 0 Å². The summed E-state index contributed by atoms with van der Waals surface area (Å²) in [6.45, 7) is 7.99. The van der Waals surface area contributed by atoms with E-state index in [-0.39, 0.29) is 0 Å². The van der Waals surface area contributed by atoms with Crippen LogP contribution in [0.5, 0.6) is 0 Å². The van der Waals surface area contributed by atoms with E-state index in [0.717, 1.165) is 18.0 Å². The second kappa shape index (κ2) is 3.01. The molecule has 0 aromatic rings. The van der Waals surface area contributed by atoms with Gasteiger partial charge in [0, 0.05) is 6.20 Å². The number of hydrogen-bond acceptors (Lipinski definition) is 2. The first kappa shape index (κ1) is 6.81. The van der Waals surface area contributed by atoms with Gasteiger partial charge in [0.25, 0.3) is 0 Å². The van der Waals surface area contributed by atoms with Gasteiger partial charge in [0.1, 0.15) is 0 Å². The van der Waals surface area contributed by atoms with Gasteiger partial charge in [-0.05, 0) is 12.2 Å². The van der Waals surface area contributed by atoms with Crippen LogP contribution in [0.15, 0.2) is 42.2 Å². The Morgan fingerprint density at radius 3 is 2.90 bits per heavy atom. The highest BCUT2D eigenvalue weighted by molar-refractivity contribution is 5.97. The van der Waals surface area contributed by atoms with Crippen molar-refractivity contribution in [3.63, 3.8) is 0 Å². The zero-order chi connectivity index (χ0) is 7.40. The number of allylic oxidation sites excluding steroid dienone is 1. The maximum Gasteiger partial charge on any atom is 0.0784 e. The van der Waals surface area contributed by atoms with Gasteiger partial charge in [0.15, 0.2) is 0 Å². The van der Waals surface area contributed by atoms with Crippen molar-refractivity contribution in [1.29, 1.82) is 0 Å². The highest BCUT2D eigenvalue weighted by atomic mass is 14.9. The van der Waals surface area contributed by atoms with Crippen molar-refractivity contribution >= 4 is 5.71 Å². The largest absolute Gasteiger partial charge is 0.384 e. The average molecular weight is 134 g/mol. The van der Waals surface area contributed by atoms with Gasteiger partial charge >= 0.3 is 0 Å². The van der Waals surface area contributed by atoms with Crippen LogP contribution in [0, 0.1) is 0 Å². The lowest BCUT2D eigenvalue weighted by atomic mass is 10.3. The molecule has 0 unspecified atom stereocenters. The van der Waals surface area contributed by atoms with Crippen molar-refractivity contribution < 1.29 is 0 Å². The molecule has 1 heterocycles. The maximum absolute atomic E-state index is 4.20. The summed E-state index contributed by atoms with van der Waals surface area (Å²) < 4.78 is 0. The average Bonchev–Trinajstić information content (AvgIpc) is 2.05. The van der Waals surface area contributed by atoms with E-state index in [1.165, 1.54) is 0 Å². The summed E-state index contributed by atoms with van der Waals surface area (Å²) in [6.07, 6.45) is 5.28. The monoisotopic (exact) mass is 134 g/mol. The van der Waals surface area contributed by atoms with Gasteiger partial charge in [-0.25, -0.2) is 0 Å². The molecule has 0 bridgehead atoms. The topological polar surface area (TPSA) is 24.4 Å². The van der Waals surface area contributed by atoms with Crippen molar-refractivity contribution in [1.82, 2.24) is 5.32 Å². The molecule has 0 aliphatic carbocycles. The summed E-state index contributed by atoms with van der Waals surface area (Å²) in [4.78, 5) is 4.20. The molecule has 0 spiro atoms. The predicted octanol–water partition coefficient (Wildman–Crippen LogP) is 1.24. The second-order valence-electron chi connectivity index (χ2n) is 1.96. The van der Waals surface area contributed by atoms with Gasteiger partial charge in [-0.1, -0.05) is 13.2 Å². The van der Waals surface area contributed by atoms with Gasteiger partial charge < -0.3 is 5.32 Å². The molecule has 0 saturated heterocycles. The first-order valence-electron chi connectivity index (χ1n) is 3.13. The lowest BCUT2D eigenvalue weighted by molar-refractivity contribution is 0.975. The Morgan fingerprint density at radius 1 is 1.50 bits per heavy atom. The molecule has 0 fully saturated rings. The standard InChI is InChI=1S/C8H10N2/c1-3-7-5-9-6-8(4-2)10-7/h3-5,9H,1-2,6H2. The first-order chi connectivity index (χ1) is 4.86. The third kappa shape index (κ3) is 1.35. The number of nitrogens with zero attached hydrogens (tertiary/aromatic N) is 1. The molecule has 0 atom stereocenters. The van der Waals surface area contributed by atoms with Gasteiger partial charge in [0.05, 0.1) is 18.0 Å². The summed E-state index contributed by atoms with van der Waals surface area (Å²) in [5, 5.41) is 3.05. The van der Waals surface area contributed by atoms with Crippen LogP contribution >= 0.6 is 0 Å². The minimum Gasteiger partial charge on any atom is -0.384 e. The van der Waals surface area contributed by atoms with Crippen molar-refractivity contribution in [2.75, 3.05) is 6.54 Å². The van der Waals surface area contributed by atoms with E-state index >= 15 is 0 Å². The molecular formula is C8H10N2. The fourth-order valence-electron chi connectivity index (χ4n) is 0.720. The summed E-state index contributed by atoms with van der Waals surface area (Å²) in [5.41, 5.74) is 1.82. The molecule has 2 heteroatoms. The summed E-state index contributed by atoms with van der Waals surface area (Å²) in [5.74, 6) is 0. The van der Waals surface area contributed by atoms with Gasteiger partial charge in [-0.15, -0.1) is 0 Å². The zero-order valence-corrected chi connectivity index (χ0v) is 5.80. The normalized spacial score (nSPS) is 16.4. The number of aliphatic imine (C=N–C) groups is 1.